The first kappa shape index (κ1) is 24.2. The predicted molar refractivity (Wildman–Crippen MR) is 125 cm³/mol. The number of aryl methyl sites for hydroxylation is 3. The molecule has 0 fully saturated rings. The Hall–Kier alpha value is -0.880. The molecule has 0 aromatic heterocycles. The van der Waals surface area contributed by atoms with Crippen LogP contribution in [0.25, 0.3) is 0 Å². The van der Waals surface area contributed by atoms with Gasteiger partial charge in [0.15, 0.2) is 0 Å². The Morgan fingerprint density at radius 2 is 1.30 bits per heavy atom. The van der Waals surface area contributed by atoms with Gasteiger partial charge in [-0.05, 0) is 58.1 Å². The van der Waals surface area contributed by atoms with Crippen LogP contribution in [0, 0.1) is 20.8 Å². The molecule has 0 heterocycles. The molecule has 0 radical (unpaired) electrons. The molecule has 1 atom stereocenters. The maximum Gasteiger partial charge on any atom is 0.264 e. The fraction of sp³-hybridized carbons (Fsp3) is 0.708. The number of hydrogen-bond acceptors (Lipinski definition) is 1. The van der Waals surface area contributed by atoms with Gasteiger partial charge in [-0.1, -0.05) is 57.7 Å². The normalized spacial score (nSPS) is 12.9. The summed E-state index contributed by atoms with van der Waals surface area (Å²) < 4.78 is 0. The van der Waals surface area contributed by atoms with Crippen LogP contribution in [0.4, 0.5) is 5.69 Å². The highest BCUT2D eigenvalue weighted by molar-refractivity contribution is 7.77. The van der Waals surface area contributed by atoms with Crippen LogP contribution in [0.2, 0.25) is 0 Å². The molecule has 1 N–H and O–H groups in total. The van der Waals surface area contributed by atoms with E-state index in [0.717, 1.165) is 5.69 Å². The van der Waals surface area contributed by atoms with Crippen molar-refractivity contribution >= 4 is 18.9 Å². The van der Waals surface area contributed by atoms with Gasteiger partial charge in [-0.15, -0.1) is 0 Å². The minimum absolute atomic E-state index is 0.155. The molecule has 3 heteroatoms. The van der Waals surface area contributed by atoms with Gasteiger partial charge in [0, 0.05) is 12.9 Å². The maximum absolute atomic E-state index is 13.4. The molecule has 0 saturated carbocycles. The molecule has 0 aliphatic heterocycles. The number of carbonyl (C=O) groups excluding carboxylic acids is 1. The molecule has 1 aromatic carbocycles. The van der Waals surface area contributed by atoms with Crippen molar-refractivity contribution in [1.29, 1.82) is 0 Å². The smallest absolute Gasteiger partial charge is 0.264 e. The first-order chi connectivity index (χ1) is 12.8. The molecule has 0 spiro atoms. The van der Waals surface area contributed by atoms with E-state index in [-0.39, 0.29) is 11.6 Å². The fourth-order valence-corrected chi connectivity index (χ4v) is 9.42. The molecular formula is C24H43NOP+. The van der Waals surface area contributed by atoms with Gasteiger partial charge in [0.1, 0.15) is 5.66 Å². The van der Waals surface area contributed by atoms with Crippen LogP contribution in [0.1, 0.15) is 82.9 Å². The number of amides is 1. The van der Waals surface area contributed by atoms with Crippen molar-refractivity contribution in [1.82, 2.24) is 0 Å². The highest BCUT2D eigenvalue weighted by Crippen LogP contribution is 2.64. The molecule has 0 aliphatic carbocycles. The lowest BCUT2D eigenvalue weighted by molar-refractivity contribution is -0.115. The van der Waals surface area contributed by atoms with E-state index in [1.54, 1.807) is 0 Å². The summed E-state index contributed by atoms with van der Waals surface area (Å²) in [6, 6.07) is 4.34. The number of anilines is 1. The number of benzene rings is 1. The Morgan fingerprint density at radius 1 is 0.889 bits per heavy atom. The average Bonchev–Trinajstić information content (AvgIpc) is 2.63. The highest BCUT2D eigenvalue weighted by atomic mass is 31.2. The summed E-state index contributed by atoms with van der Waals surface area (Å²) in [6.45, 7) is 15.4. The topological polar surface area (TPSA) is 29.1 Å². The van der Waals surface area contributed by atoms with Gasteiger partial charge >= 0.3 is 0 Å². The summed E-state index contributed by atoms with van der Waals surface area (Å²) in [5, 5.41) is 3.33. The van der Waals surface area contributed by atoms with Crippen molar-refractivity contribution in [2.75, 3.05) is 23.8 Å². The van der Waals surface area contributed by atoms with Gasteiger partial charge in [-0.2, -0.15) is 0 Å². The van der Waals surface area contributed by atoms with Gasteiger partial charge in [-0.3, -0.25) is 4.79 Å². The Labute approximate surface area is 169 Å². The lowest BCUT2D eigenvalue weighted by Crippen LogP contribution is -2.32. The summed E-state index contributed by atoms with van der Waals surface area (Å²) in [7, 11) is -1.28. The molecular weight excluding hydrogens is 349 g/mol. The Kier molecular flexibility index (Phi) is 10.6. The Bertz CT molecular complexity index is 551. The largest absolute Gasteiger partial charge is 0.322 e. The average molecular weight is 393 g/mol. The minimum Gasteiger partial charge on any atom is -0.322 e. The van der Waals surface area contributed by atoms with Crippen molar-refractivity contribution in [3.05, 3.63) is 28.8 Å². The van der Waals surface area contributed by atoms with Crippen molar-refractivity contribution < 1.29 is 4.79 Å². The monoisotopic (exact) mass is 392 g/mol. The first-order valence-electron chi connectivity index (χ1n) is 11.1. The molecule has 0 bridgehead atoms. The number of rotatable bonds is 12. The van der Waals surface area contributed by atoms with Crippen LogP contribution >= 0.6 is 7.26 Å². The number of carbonyl (C=O) groups is 1. The SMILES string of the molecule is CCCC[P+](CCCC)(CCCC)C(C)C(=O)Nc1c(C)cc(C)cc1C. The Morgan fingerprint density at radius 3 is 1.67 bits per heavy atom. The molecule has 1 unspecified atom stereocenters. The van der Waals surface area contributed by atoms with Crippen LogP contribution in [0.5, 0.6) is 0 Å². The molecule has 1 rings (SSSR count). The molecule has 1 amide bonds. The lowest BCUT2D eigenvalue weighted by atomic mass is 10.1. The van der Waals surface area contributed by atoms with E-state index in [1.807, 2.05) is 0 Å². The summed E-state index contributed by atoms with van der Waals surface area (Å²) in [6.07, 6.45) is 11.3. The van der Waals surface area contributed by atoms with Crippen LogP contribution in [0.3, 0.4) is 0 Å². The van der Waals surface area contributed by atoms with Crippen molar-refractivity contribution in [2.45, 2.75) is 92.7 Å². The minimum atomic E-state index is -1.28. The van der Waals surface area contributed by atoms with E-state index < -0.39 is 7.26 Å². The van der Waals surface area contributed by atoms with E-state index in [0.29, 0.717) is 0 Å². The van der Waals surface area contributed by atoms with Crippen molar-refractivity contribution in [2.24, 2.45) is 0 Å². The van der Waals surface area contributed by atoms with Crippen molar-refractivity contribution in [3.63, 3.8) is 0 Å². The summed E-state index contributed by atoms with van der Waals surface area (Å²) in [4.78, 5) is 13.4. The first-order valence-corrected chi connectivity index (χ1v) is 13.5. The highest BCUT2D eigenvalue weighted by Gasteiger charge is 2.45. The maximum atomic E-state index is 13.4. The third kappa shape index (κ3) is 6.90. The van der Waals surface area contributed by atoms with E-state index in [4.69, 9.17) is 0 Å². The van der Waals surface area contributed by atoms with E-state index >= 15 is 0 Å². The number of unbranched alkanes of at least 4 members (excludes halogenated alkanes) is 3. The third-order valence-corrected chi connectivity index (χ3v) is 11.5. The molecule has 154 valence electrons. The zero-order chi connectivity index (χ0) is 20.4. The standard InChI is InChI=1S/C24H42NOP/c1-8-11-14-27(15-12-9-2,16-13-10-3)22(7)24(26)25-23-20(5)17-19(4)18-21(23)6/h17-18,22H,8-16H2,1-7H3/p+1. The van der Waals surface area contributed by atoms with Crippen LogP contribution in [-0.4, -0.2) is 30.1 Å². The molecule has 2 nitrogen and oxygen atoms in total. The fourth-order valence-electron chi connectivity index (χ4n) is 4.19. The van der Waals surface area contributed by atoms with Gasteiger partial charge in [0.2, 0.25) is 0 Å². The second-order valence-electron chi connectivity index (χ2n) is 8.39. The van der Waals surface area contributed by atoms with Crippen LogP contribution in [0.15, 0.2) is 12.1 Å². The van der Waals surface area contributed by atoms with Crippen molar-refractivity contribution in [3.8, 4) is 0 Å². The van der Waals surface area contributed by atoms with E-state index in [2.05, 4.69) is 65.9 Å². The predicted octanol–water partition coefficient (Wildman–Crippen LogP) is 7.36. The Balaban J connectivity index is 3.10. The summed E-state index contributed by atoms with van der Waals surface area (Å²) in [5.41, 5.74) is 4.78. The van der Waals surface area contributed by atoms with Crippen LogP contribution < -0.4 is 5.32 Å². The molecule has 0 aliphatic rings. The molecule has 27 heavy (non-hydrogen) atoms. The quantitative estimate of drug-likeness (QED) is 0.370. The molecule has 0 saturated heterocycles. The summed E-state index contributed by atoms with van der Waals surface area (Å²) >= 11 is 0. The number of nitrogens with one attached hydrogen (secondary N) is 1. The van der Waals surface area contributed by atoms with E-state index in [9.17, 15) is 4.79 Å². The zero-order valence-corrected chi connectivity index (χ0v) is 19.8. The molecule has 1 aromatic rings. The number of hydrogen-bond donors (Lipinski definition) is 1. The van der Waals surface area contributed by atoms with Gasteiger partial charge < -0.3 is 5.32 Å². The third-order valence-electron chi connectivity index (χ3n) is 6.00. The van der Waals surface area contributed by atoms with E-state index in [1.165, 1.54) is 73.7 Å². The second kappa shape index (κ2) is 11.8. The lowest BCUT2D eigenvalue weighted by Gasteiger charge is -2.33. The summed E-state index contributed by atoms with van der Waals surface area (Å²) in [5.74, 6) is 0.252. The zero-order valence-electron chi connectivity index (χ0n) is 19.0. The van der Waals surface area contributed by atoms with Gasteiger partial charge in [0.05, 0.1) is 18.5 Å². The van der Waals surface area contributed by atoms with Gasteiger partial charge in [-0.25, -0.2) is 0 Å². The van der Waals surface area contributed by atoms with Crippen LogP contribution in [-0.2, 0) is 4.79 Å². The second-order valence-corrected chi connectivity index (χ2v) is 12.9. The van der Waals surface area contributed by atoms with Gasteiger partial charge in [0.25, 0.3) is 5.91 Å².